The first-order valence-electron chi connectivity index (χ1n) is 4.79. The van der Waals surface area contributed by atoms with Gasteiger partial charge in [0.05, 0.1) is 10.2 Å². The highest BCUT2D eigenvalue weighted by Crippen LogP contribution is 2.29. The summed E-state index contributed by atoms with van der Waals surface area (Å²) in [6, 6.07) is 7.65. The average molecular weight is 236 g/mol. The molecule has 0 N–H and O–H groups in total. The van der Waals surface area contributed by atoms with E-state index in [1.54, 1.807) is 0 Å². The second-order valence-corrected chi connectivity index (χ2v) is 4.38. The Balaban J connectivity index is 2.34. The number of nitrogens with zero attached hydrogens (tertiary/aromatic N) is 1. The highest BCUT2D eigenvalue weighted by molar-refractivity contribution is 7.18. The van der Waals surface area contributed by atoms with Gasteiger partial charge < -0.3 is 14.6 Å². The number of carboxylic acids is 1. The molecule has 5 heteroatoms. The van der Waals surface area contributed by atoms with Crippen LogP contribution in [0.15, 0.2) is 24.3 Å². The van der Waals surface area contributed by atoms with Gasteiger partial charge in [-0.2, -0.15) is 0 Å². The predicted molar refractivity (Wildman–Crippen MR) is 59.0 cm³/mol. The zero-order chi connectivity index (χ0) is 11.5. The van der Waals surface area contributed by atoms with Crippen molar-refractivity contribution in [1.82, 2.24) is 4.98 Å². The summed E-state index contributed by atoms with van der Waals surface area (Å²) < 4.78 is 6.13. The molecule has 1 aromatic heterocycles. The van der Waals surface area contributed by atoms with Crippen LogP contribution in [0.2, 0.25) is 0 Å². The van der Waals surface area contributed by atoms with Gasteiger partial charge in [0.15, 0.2) is 0 Å². The predicted octanol–water partition coefficient (Wildman–Crippen LogP) is 1.12. The monoisotopic (exact) mass is 236 g/mol. The van der Waals surface area contributed by atoms with Crippen LogP contribution in [0.3, 0.4) is 0 Å². The first kappa shape index (κ1) is 11.0. The molecule has 1 aromatic carbocycles. The molecule has 84 valence electrons. The van der Waals surface area contributed by atoms with E-state index in [4.69, 9.17) is 4.74 Å². The second kappa shape index (κ2) is 4.59. The SMILES string of the molecule is CO[C@@H](CC(=O)[O-])c1nc2ccccc2s1. The number of rotatable bonds is 4. The minimum absolute atomic E-state index is 0.170. The van der Waals surface area contributed by atoms with E-state index in [1.165, 1.54) is 18.4 Å². The van der Waals surface area contributed by atoms with Crippen molar-refractivity contribution in [1.29, 1.82) is 0 Å². The summed E-state index contributed by atoms with van der Waals surface area (Å²) >= 11 is 1.44. The highest BCUT2D eigenvalue weighted by Gasteiger charge is 2.15. The summed E-state index contributed by atoms with van der Waals surface area (Å²) in [6.07, 6.45) is -0.696. The van der Waals surface area contributed by atoms with Gasteiger partial charge in [0.2, 0.25) is 0 Å². The van der Waals surface area contributed by atoms with E-state index < -0.39 is 12.1 Å². The Morgan fingerprint density at radius 2 is 2.31 bits per heavy atom. The number of fused-ring (bicyclic) bond motifs is 1. The van der Waals surface area contributed by atoms with E-state index in [9.17, 15) is 9.90 Å². The van der Waals surface area contributed by atoms with E-state index in [0.29, 0.717) is 5.01 Å². The highest BCUT2D eigenvalue weighted by atomic mass is 32.1. The van der Waals surface area contributed by atoms with Gasteiger partial charge in [-0.3, -0.25) is 0 Å². The molecule has 16 heavy (non-hydrogen) atoms. The van der Waals surface area contributed by atoms with Crippen molar-refractivity contribution in [3.63, 3.8) is 0 Å². The molecule has 0 bridgehead atoms. The van der Waals surface area contributed by atoms with Crippen molar-refractivity contribution >= 4 is 27.5 Å². The van der Waals surface area contributed by atoms with E-state index in [0.717, 1.165) is 10.2 Å². The number of aliphatic carboxylic acids is 1. The topological polar surface area (TPSA) is 62.2 Å². The Kier molecular flexibility index (Phi) is 3.17. The molecule has 0 radical (unpaired) electrons. The maximum Gasteiger partial charge on any atom is 0.123 e. The molecule has 2 rings (SSSR count). The standard InChI is InChI=1S/C11H11NO3S/c1-15-8(6-10(13)14)11-12-7-4-2-3-5-9(7)16-11/h2-5,8H,6H2,1H3,(H,13,14)/p-1/t8-/m0/s1. The first-order chi connectivity index (χ1) is 7.70. The van der Waals surface area contributed by atoms with Gasteiger partial charge in [0.1, 0.15) is 11.1 Å². The summed E-state index contributed by atoms with van der Waals surface area (Å²) in [6.45, 7) is 0. The summed E-state index contributed by atoms with van der Waals surface area (Å²) in [4.78, 5) is 14.9. The molecule has 0 spiro atoms. The summed E-state index contributed by atoms with van der Waals surface area (Å²) in [5.74, 6) is -1.13. The molecule has 4 nitrogen and oxygen atoms in total. The molecule has 0 aliphatic rings. The van der Waals surface area contributed by atoms with Crippen LogP contribution in [-0.2, 0) is 9.53 Å². The van der Waals surface area contributed by atoms with Gasteiger partial charge in [-0.05, 0) is 12.1 Å². The molecular formula is C11H10NO3S-. The van der Waals surface area contributed by atoms with E-state index in [2.05, 4.69) is 4.98 Å². The third kappa shape index (κ3) is 2.20. The fraction of sp³-hybridized carbons (Fsp3) is 0.273. The zero-order valence-electron chi connectivity index (χ0n) is 8.67. The maximum absolute atomic E-state index is 10.5. The average Bonchev–Trinajstić information content (AvgIpc) is 2.68. The molecule has 0 aliphatic carbocycles. The van der Waals surface area contributed by atoms with Crippen LogP contribution in [0.5, 0.6) is 0 Å². The lowest BCUT2D eigenvalue weighted by atomic mass is 10.2. The zero-order valence-corrected chi connectivity index (χ0v) is 9.49. The number of hydrogen-bond acceptors (Lipinski definition) is 5. The number of carboxylic acid groups (broad SMARTS) is 1. The van der Waals surface area contributed by atoms with Crippen molar-refractivity contribution < 1.29 is 14.6 Å². The molecule has 0 aliphatic heterocycles. The number of thiazole rings is 1. The molecule has 1 heterocycles. The lowest BCUT2D eigenvalue weighted by Gasteiger charge is -2.12. The smallest absolute Gasteiger partial charge is 0.123 e. The number of para-hydroxylation sites is 1. The number of hydrogen-bond donors (Lipinski definition) is 0. The van der Waals surface area contributed by atoms with Gasteiger partial charge in [-0.25, -0.2) is 4.98 Å². The van der Waals surface area contributed by atoms with Gasteiger partial charge in [0, 0.05) is 19.5 Å². The van der Waals surface area contributed by atoms with Crippen LogP contribution in [-0.4, -0.2) is 18.1 Å². The quantitative estimate of drug-likeness (QED) is 0.798. The summed E-state index contributed by atoms with van der Waals surface area (Å²) in [7, 11) is 1.47. The largest absolute Gasteiger partial charge is 0.550 e. The Bertz CT molecular complexity index is 476. The summed E-state index contributed by atoms with van der Waals surface area (Å²) in [5, 5.41) is 11.2. The molecule has 0 saturated heterocycles. The fourth-order valence-corrected chi connectivity index (χ4v) is 2.50. The van der Waals surface area contributed by atoms with Crippen LogP contribution in [0.25, 0.3) is 10.2 Å². The summed E-state index contributed by atoms with van der Waals surface area (Å²) in [5.41, 5.74) is 0.864. The van der Waals surface area contributed by atoms with E-state index in [1.807, 2.05) is 24.3 Å². The van der Waals surface area contributed by atoms with Crippen LogP contribution in [0.1, 0.15) is 17.5 Å². The number of carbonyl (C=O) groups excluding carboxylic acids is 1. The lowest BCUT2D eigenvalue weighted by Crippen LogP contribution is -2.25. The number of methoxy groups -OCH3 is 1. The number of benzene rings is 1. The van der Waals surface area contributed by atoms with Crippen molar-refractivity contribution in [2.24, 2.45) is 0 Å². The number of carbonyl (C=O) groups is 1. The van der Waals surface area contributed by atoms with Gasteiger partial charge in [-0.15, -0.1) is 11.3 Å². The Hall–Kier alpha value is -1.46. The Morgan fingerprint density at radius 3 is 2.94 bits per heavy atom. The van der Waals surface area contributed by atoms with Crippen LogP contribution in [0.4, 0.5) is 0 Å². The minimum Gasteiger partial charge on any atom is -0.550 e. The molecular weight excluding hydrogens is 226 g/mol. The molecule has 0 saturated carbocycles. The third-order valence-electron chi connectivity index (χ3n) is 2.22. The third-order valence-corrected chi connectivity index (χ3v) is 3.35. The lowest BCUT2D eigenvalue weighted by molar-refractivity contribution is -0.307. The van der Waals surface area contributed by atoms with Gasteiger partial charge >= 0.3 is 0 Å². The number of ether oxygens (including phenoxy) is 1. The van der Waals surface area contributed by atoms with Crippen LogP contribution >= 0.6 is 11.3 Å². The molecule has 0 fully saturated rings. The fourth-order valence-electron chi connectivity index (χ4n) is 1.45. The van der Waals surface area contributed by atoms with Crippen molar-refractivity contribution in [3.05, 3.63) is 29.3 Å². The van der Waals surface area contributed by atoms with E-state index in [-0.39, 0.29) is 6.42 Å². The first-order valence-corrected chi connectivity index (χ1v) is 5.60. The van der Waals surface area contributed by atoms with Crippen LogP contribution < -0.4 is 5.11 Å². The number of aromatic nitrogens is 1. The van der Waals surface area contributed by atoms with Gasteiger partial charge in [0.25, 0.3) is 0 Å². The van der Waals surface area contributed by atoms with Crippen molar-refractivity contribution in [2.75, 3.05) is 7.11 Å². The van der Waals surface area contributed by atoms with E-state index >= 15 is 0 Å². The Labute approximate surface area is 96.5 Å². The molecule has 2 aromatic rings. The maximum atomic E-state index is 10.5. The Morgan fingerprint density at radius 1 is 1.56 bits per heavy atom. The van der Waals surface area contributed by atoms with Crippen LogP contribution in [0, 0.1) is 0 Å². The normalized spacial score (nSPS) is 12.8. The minimum atomic E-state index is -1.13. The van der Waals surface area contributed by atoms with Gasteiger partial charge in [-0.1, -0.05) is 12.1 Å². The van der Waals surface area contributed by atoms with Crippen molar-refractivity contribution in [3.8, 4) is 0 Å². The molecule has 1 atom stereocenters. The van der Waals surface area contributed by atoms with Crippen molar-refractivity contribution in [2.45, 2.75) is 12.5 Å². The molecule has 0 unspecified atom stereocenters. The second-order valence-electron chi connectivity index (χ2n) is 3.32. The molecule has 0 amide bonds.